The Balaban J connectivity index is 2.78. The Labute approximate surface area is 108 Å². The van der Waals surface area contributed by atoms with Crippen LogP contribution in [0.1, 0.15) is 25.0 Å². The number of nitrogens with one attached hydrogen (secondary N) is 1. The average molecular weight is 237 g/mol. The summed E-state index contributed by atoms with van der Waals surface area (Å²) in [7, 11) is 0. The van der Waals surface area contributed by atoms with Crippen molar-refractivity contribution in [2.24, 2.45) is 0 Å². The number of allylic oxidation sites excluding steroid dienone is 4. The number of hydrogen-bond acceptors (Lipinski definition) is 1. The van der Waals surface area contributed by atoms with E-state index in [1.165, 1.54) is 21.9 Å². The van der Waals surface area contributed by atoms with Crippen LogP contribution < -0.4 is 10.4 Å². The summed E-state index contributed by atoms with van der Waals surface area (Å²) in [6.07, 6.45) is 4.18. The summed E-state index contributed by atoms with van der Waals surface area (Å²) in [5.74, 6) is 0. The molecule has 1 aromatic rings. The molecular weight excluding hydrogens is 218 g/mol. The SMILES string of the molecule is C=c1c(C)cc(=C2C=C(C)C(=N)C(C)=C2)cc1C. The van der Waals surface area contributed by atoms with Crippen LogP contribution in [0.2, 0.25) is 0 Å². The molecule has 0 saturated carbocycles. The van der Waals surface area contributed by atoms with Gasteiger partial charge >= 0.3 is 0 Å². The topological polar surface area (TPSA) is 23.9 Å². The second kappa shape index (κ2) is 4.41. The van der Waals surface area contributed by atoms with Gasteiger partial charge < -0.3 is 5.41 Å². The van der Waals surface area contributed by atoms with Crippen molar-refractivity contribution in [2.45, 2.75) is 27.7 Å². The third-order valence-corrected chi connectivity index (χ3v) is 3.56. The highest BCUT2D eigenvalue weighted by molar-refractivity contribution is 6.13. The highest BCUT2D eigenvalue weighted by atomic mass is 14.4. The van der Waals surface area contributed by atoms with Crippen molar-refractivity contribution >= 4 is 17.9 Å². The maximum absolute atomic E-state index is 7.91. The van der Waals surface area contributed by atoms with Gasteiger partial charge in [0.2, 0.25) is 0 Å². The lowest BCUT2D eigenvalue weighted by Crippen LogP contribution is -2.18. The van der Waals surface area contributed by atoms with Crippen LogP contribution in [0.15, 0.2) is 35.4 Å². The van der Waals surface area contributed by atoms with Crippen LogP contribution in [0.25, 0.3) is 12.2 Å². The molecular formula is C17H19N. The lowest BCUT2D eigenvalue weighted by molar-refractivity contribution is 1.30. The maximum Gasteiger partial charge on any atom is 0.0598 e. The fraction of sp³-hybridized carbons (Fsp3) is 0.235. The number of hydrogen-bond donors (Lipinski definition) is 1. The van der Waals surface area contributed by atoms with Crippen LogP contribution in [-0.2, 0) is 0 Å². The minimum Gasteiger partial charge on any atom is -0.300 e. The predicted octanol–water partition coefficient (Wildman–Crippen LogP) is 2.79. The van der Waals surface area contributed by atoms with Gasteiger partial charge in [0, 0.05) is 0 Å². The normalized spacial score (nSPS) is 15.6. The molecule has 0 atom stereocenters. The van der Waals surface area contributed by atoms with Crippen molar-refractivity contribution in [3.63, 3.8) is 0 Å². The molecule has 1 aliphatic rings. The van der Waals surface area contributed by atoms with E-state index in [0.29, 0.717) is 5.71 Å². The Morgan fingerprint density at radius 2 is 1.33 bits per heavy atom. The summed E-state index contributed by atoms with van der Waals surface area (Å²) >= 11 is 0. The van der Waals surface area contributed by atoms with Crippen LogP contribution in [0.4, 0.5) is 0 Å². The highest BCUT2D eigenvalue weighted by Crippen LogP contribution is 2.18. The van der Waals surface area contributed by atoms with Crippen LogP contribution in [0.3, 0.4) is 0 Å². The van der Waals surface area contributed by atoms with Gasteiger partial charge in [-0.15, -0.1) is 0 Å². The quantitative estimate of drug-likeness (QED) is 0.717. The van der Waals surface area contributed by atoms with E-state index >= 15 is 0 Å². The van der Waals surface area contributed by atoms with E-state index in [1.807, 2.05) is 13.8 Å². The Kier molecular flexibility index (Phi) is 3.08. The zero-order valence-corrected chi connectivity index (χ0v) is 11.5. The largest absolute Gasteiger partial charge is 0.300 e. The minimum atomic E-state index is 0.640. The standard InChI is InChI=1S/C17H19N/c1-10-6-15(7-11(2)14(10)5)16-8-12(3)17(18)13(4)9-16/h6-9,18H,5H2,1-4H3. The van der Waals surface area contributed by atoms with Gasteiger partial charge in [0.05, 0.1) is 5.71 Å². The summed E-state index contributed by atoms with van der Waals surface area (Å²) in [5, 5.41) is 10.2. The molecule has 0 unspecified atom stereocenters. The van der Waals surface area contributed by atoms with Crippen molar-refractivity contribution in [3.8, 4) is 0 Å². The molecule has 0 spiro atoms. The highest BCUT2D eigenvalue weighted by Gasteiger charge is 2.09. The molecule has 0 aromatic heterocycles. The lowest BCUT2D eigenvalue weighted by Gasteiger charge is -2.12. The fourth-order valence-corrected chi connectivity index (χ4v) is 2.29. The third-order valence-electron chi connectivity index (χ3n) is 3.56. The predicted molar refractivity (Wildman–Crippen MR) is 79.3 cm³/mol. The molecule has 0 bridgehead atoms. The molecule has 1 aliphatic carbocycles. The van der Waals surface area contributed by atoms with Gasteiger partial charge in [0.15, 0.2) is 0 Å². The number of rotatable bonds is 0. The van der Waals surface area contributed by atoms with Gasteiger partial charge in [-0.1, -0.05) is 18.7 Å². The molecule has 2 rings (SSSR count). The van der Waals surface area contributed by atoms with Crippen molar-refractivity contribution in [1.82, 2.24) is 0 Å². The fourth-order valence-electron chi connectivity index (χ4n) is 2.29. The van der Waals surface area contributed by atoms with Crippen molar-refractivity contribution < 1.29 is 0 Å². The number of aryl methyl sites for hydroxylation is 2. The summed E-state index contributed by atoms with van der Waals surface area (Å²) in [5.41, 5.74) is 6.32. The molecule has 1 nitrogen and oxygen atoms in total. The smallest absolute Gasteiger partial charge is 0.0598 e. The van der Waals surface area contributed by atoms with Crippen molar-refractivity contribution in [3.05, 3.63) is 57.0 Å². The van der Waals surface area contributed by atoms with Gasteiger partial charge in [0.25, 0.3) is 0 Å². The maximum atomic E-state index is 7.91. The van der Waals surface area contributed by atoms with E-state index in [2.05, 4.69) is 44.7 Å². The van der Waals surface area contributed by atoms with Crippen LogP contribution in [0, 0.1) is 19.3 Å². The van der Waals surface area contributed by atoms with Crippen LogP contribution in [0.5, 0.6) is 0 Å². The number of benzene rings is 1. The Morgan fingerprint density at radius 1 is 0.889 bits per heavy atom. The van der Waals surface area contributed by atoms with Crippen molar-refractivity contribution in [1.29, 1.82) is 5.41 Å². The molecule has 1 N–H and O–H groups in total. The summed E-state index contributed by atoms with van der Waals surface area (Å²) in [4.78, 5) is 0. The second-order valence-electron chi connectivity index (χ2n) is 5.07. The summed E-state index contributed by atoms with van der Waals surface area (Å²) in [6, 6.07) is 4.35. The lowest BCUT2D eigenvalue weighted by atomic mass is 9.93. The Bertz CT molecular complexity index is 647. The minimum absolute atomic E-state index is 0.640. The van der Waals surface area contributed by atoms with E-state index in [1.54, 1.807) is 0 Å². The molecule has 0 amide bonds. The first-order valence-corrected chi connectivity index (χ1v) is 6.16. The van der Waals surface area contributed by atoms with E-state index in [9.17, 15) is 0 Å². The van der Waals surface area contributed by atoms with Gasteiger partial charge in [0.1, 0.15) is 0 Å². The second-order valence-corrected chi connectivity index (χ2v) is 5.07. The first-order valence-electron chi connectivity index (χ1n) is 6.16. The molecule has 0 aliphatic heterocycles. The van der Waals surface area contributed by atoms with Gasteiger partial charge in [-0.05, 0) is 78.1 Å². The molecule has 1 aromatic carbocycles. The molecule has 1 heteroatoms. The van der Waals surface area contributed by atoms with Gasteiger partial charge in [-0.3, -0.25) is 0 Å². The van der Waals surface area contributed by atoms with Gasteiger partial charge in [-0.2, -0.15) is 0 Å². The molecule has 18 heavy (non-hydrogen) atoms. The molecule has 0 radical (unpaired) electrons. The molecule has 92 valence electrons. The molecule has 0 saturated heterocycles. The first kappa shape index (κ1) is 12.6. The summed E-state index contributed by atoms with van der Waals surface area (Å²) in [6.45, 7) is 12.3. The van der Waals surface area contributed by atoms with E-state index in [4.69, 9.17) is 5.41 Å². The van der Waals surface area contributed by atoms with Crippen LogP contribution >= 0.6 is 0 Å². The van der Waals surface area contributed by atoms with Gasteiger partial charge in [-0.25, -0.2) is 0 Å². The zero-order chi connectivity index (χ0) is 13.4. The zero-order valence-electron chi connectivity index (χ0n) is 11.5. The molecule has 0 fully saturated rings. The van der Waals surface area contributed by atoms with E-state index in [0.717, 1.165) is 16.4 Å². The molecule has 0 heterocycles. The average Bonchev–Trinajstić information content (AvgIpc) is 2.31. The monoisotopic (exact) mass is 237 g/mol. The third kappa shape index (κ3) is 2.08. The van der Waals surface area contributed by atoms with Crippen LogP contribution in [-0.4, -0.2) is 5.71 Å². The Morgan fingerprint density at radius 3 is 1.78 bits per heavy atom. The van der Waals surface area contributed by atoms with Crippen molar-refractivity contribution in [2.75, 3.05) is 0 Å². The summed E-state index contributed by atoms with van der Waals surface area (Å²) < 4.78 is 0. The Hall–Kier alpha value is -1.89. The van der Waals surface area contributed by atoms with E-state index in [-0.39, 0.29) is 0 Å². The first-order chi connectivity index (χ1) is 8.40. The van der Waals surface area contributed by atoms with E-state index < -0.39 is 0 Å².